The van der Waals surface area contributed by atoms with Crippen LogP contribution in [-0.4, -0.2) is 21.1 Å². The molecule has 1 rings (SSSR count). The molecule has 0 heterocycles. The van der Waals surface area contributed by atoms with E-state index in [-0.39, 0.29) is 11.3 Å². The molecule has 0 atom stereocenters. The average Bonchev–Trinajstić information content (AvgIpc) is 2.71. The molecule has 0 spiro atoms. The third-order valence-corrected chi connectivity index (χ3v) is 5.65. The number of phenolic OH excluding ortho intramolecular Hbond substituents is 3. The molecular formula is C25H42O4. The number of rotatable bonds is 18. The Hall–Kier alpha value is -1.71. The molecule has 0 aliphatic rings. The van der Waals surface area contributed by atoms with Crippen molar-refractivity contribution >= 4 is 5.78 Å². The smallest absolute Gasteiger partial charge is 0.200 e. The molecule has 4 heteroatoms. The molecule has 0 bridgehead atoms. The molecule has 1 aromatic carbocycles. The first-order valence-electron chi connectivity index (χ1n) is 11.8. The minimum absolute atomic E-state index is 0.110. The highest BCUT2D eigenvalue weighted by Gasteiger charge is 2.13. The number of unbranched alkanes of at least 4 members (excludes halogenated alkanes) is 15. The SMILES string of the molecule is CCCCCCCCCCCCCCCCCCC(=O)c1cc(O)c(O)c(O)c1. The molecule has 0 aliphatic carbocycles. The molecule has 3 N–H and O–H groups in total. The fraction of sp³-hybridized carbons (Fsp3) is 0.720. The van der Waals surface area contributed by atoms with Gasteiger partial charge in [-0.3, -0.25) is 4.79 Å². The summed E-state index contributed by atoms with van der Waals surface area (Å²) in [6, 6.07) is 2.42. The van der Waals surface area contributed by atoms with Gasteiger partial charge in [0.1, 0.15) is 0 Å². The van der Waals surface area contributed by atoms with Crippen LogP contribution in [0, 0.1) is 0 Å². The number of hydrogen-bond donors (Lipinski definition) is 3. The maximum absolute atomic E-state index is 12.1. The lowest BCUT2D eigenvalue weighted by atomic mass is 10.0. The molecule has 0 aromatic heterocycles. The summed E-state index contributed by atoms with van der Waals surface area (Å²) in [6.07, 6.45) is 21.1. The van der Waals surface area contributed by atoms with E-state index in [9.17, 15) is 20.1 Å². The Morgan fingerprint density at radius 1 is 0.621 bits per heavy atom. The largest absolute Gasteiger partial charge is 0.504 e. The van der Waals surface area contributed by atoms with Crippen LogP contribution in [0.2, 0.25) is 0 Å². The number of ketones is 1. The van der Waals surface area contributed by atoms with E-state index in [1.165, 1.54) is 95.6 Å². The molecule has 0 aliphatic heterocycles. The third-order valence-electron chi connectivity index (χ3n) is 5.65. The predicted molar refractivity (Wildman–Crippen MR) is 120 cm³/mol. The van der Waals surface area contributed by atoms with Crippen LogP contribution in [-0.2, 0) is 0 Å². The van der Waals surface area contributed by atoms with Crippen LogP contribution < -0.4 is 0 Å². The lowest BCUT2D eigenvalue weighted by molar-refractivity contribution is 0.0978. The molecule has 0 fully saturated rings. The van der Waals surface area contributed by atoms with Gasteiger partial charge in [0, 0.05) is 12.0 Å². The lowest BCUT2D eigenvalue weighted by Gasteiger charge is -2.06. The van der Waals surface area contributed by atoms with Gasteiger partial charge in [-0.1, -0.05) is 103 Å². The summed E-state index contributed by atoms with van der Waals surface area (Å²) in [4.78, 5) is 12.1. The molecule has 0 amide bonds. The van der Waals surface area contributed by atoms with E-state index < -0.39 is 17.2 Å². The molecular weight excluding hydrogens is 364 g/mol. The van der Waals surface area contributed by atoms with Crippen molar-refractivity contribution in [3.05, 3.63) is 17.7 Å². The van der Waals surface area contributed by atoms with Crippen molar-refractivity contribution in [1.82, 2.24) is 0 Å². The van der Waals surface area contributed by atoms with E-state index in [4.69, 9.17) is 0 Å². The Bertz CT molecular complexity index is 545. The molecule has 0 unspecified atom stereocenters. The summed E-state index contributed by atoms with van der Waals surface area (Å²) in [5, 5.41) is 28.3. The van der Waals surface area contributed by atoms with Crippen molar-refractivity contribution in [3.8, 4) is 17.2 Å². The van der Waals surface area contributed by atoms with Gasteiger partial charge in [-0.25, -0.2) is 0 Å². The second kappa shape index (κ2) is 16.1. The molecule has 4 nitrogen and oxygen atoms in total. The van der Waals surface area contributed by atoms with Crippen molar-refractivity contribution in [1.29, 1.82) is 0 Å². The number of aromatic hydroxyl groups is 3. The lowest BCUT2D eigenvalue weighted by Crippen LogP contribution is -1.99. The summed E-state index contributed by atoms with van der Waals surface area (Å²) in [6.45, 7) is 2.26. The minimum atomic E-state index is -0.580. The van der Waals surface area contributed by atoms with E-state index in [0.29, 0.717) is 6.42 Å². The Morgan fingerprint density at radius 2 is 0.966 bits per heavy atom. The van der Waals surface area contributed by atoms with Crippen molar-refractivity contribution in [3.63, 3.8) is 0 Å². The number of carbonyl (C=O) groups excluding carboxylic acids is 1. The van der Waals surface area contributed by atoms with Crippen LogP contribution in [0.15, 0.2) is 12.1 Å². The van der Waals surface area contributed by atoms with Gasteiger partial charge in [0.2, 0.25) is 0 Å². The van der Waals surface area contributed by atoms with Crippen LogP contribution in [0.1, 0.15) is 126 Å². The summed E-state index contributed by atoms with van der Waals surface area (Å²) >= 11 is 0. The first kappa shape index (κ1) is 25.3. The standard InChI is InChI=1S/C25H42O4/c1-2-3-4-5-6-7-8-9-10-11-12-13-14-15-16-17-18-22(26)21-19-23(27)25(29)24(28)20-21/h19-20,27-29H,2-18H2,1H3. The normalized spacial score (nSPS) is 11.1. The molecule has 0 saturated heterocycles. The molecule has 0 radical (unpaired) electrons. The van der Waals surface area contributed by atoms with Crippen LogP contribution >= 0.6 is 0 Å². The monoisotopic (exact) mass is 406 g/mol. The highest BCUT2D eigenvalue weighted by Crippen LogP contribution is 2.35. The minimum Gasteiger partial charge on any atom is -0.504 e. The number of hydrogen-bond acceptors (Lipinski definition) is 4. The summed E-state index contributed by atoms with van der Waals surface area (Å²) < 4.78 is 0. The van der Waals surface area contributed by atoms with E-state index in [1.807, 2.05) is 0 Å². The van der Waals surface area contributed by atoms with Crippen LogP contribution in [0.25, 0.3) is 0 Å². The maximum Gasteiger partial charge on any atom is 0.200 e. The quantitative estimate of drug-likeness (QED) is 0.133. The average molecular weight is 407 g/mol. The Balaban J connectivity index is 1.91. The van der Waals surface area contributed by atoms with Gasteiger partial charge in [0.05, 0.1) is 0 Å². The first-order chi connectivity index (χ1) is 14.1. The van der Waals surface area contributed by atoms with Crippen LogP contribution in [0.3, 0.4) is 0 Å². The van der Waals surface area contributed by atoms with Gasteiger partial charge >= 0.3 is 0 Å². The molecule has 166 valence electrons. The maximum atomic E-state index is 12.1. The Morgan fingerprint density at radius 3 is 1.34 bits per heavy atom. The third kappa shape index (κ3) is 11.8. The van der Waals surface area contributed by atoms with Gasteiger partial charge in [-0.05, 0) is 18.6 Å². The van der Waals surface area contributed by atoms with Crippen LogP contribution in [0.4, 0.5) is 0 Å². The number of carbonyl (C=O) groups is 1. The van der Waals surface area contributed by atoms with E-state index in [1.54, 1.807) is 0 Å². The number of phenols is 3. The van der Waals surface area contributed by atoms with Crippen molar-refractivity contribution in [2.45, 2.75) is 116 Å². The van der Waals surface area contributed by atoms with Gasteiger partial charge in [0.15, 0.2) is 23.0 Å². The van der Waals surface area contributed by atoms with Crippen molar-refractivity contribution < 1.29 is 20.1 Å². The fourth-order valence-electron chi connectivity index (χ4n) is 3.74. The second-order valence-corrected chi connectivity index (χ2v) is 8.34. The van der Waals surface area contributed by atoms with Crippen molar-refractivity contribution in [2.75, 3.05) is 0 Å². The predicted octanol–water partition coefficient (Wildman–Crippen LogP) is 7.64. The van der Waals surface area contributed by atoms with Gasteiger partial charge in [-0.15, -0.1) is 0 Å². The molecule has 29 heavy (non-hydrogen) atoms. The zero-order valence-corrected chi connectivity index (χ0v) is 18.4. The van der Waals surface area contributed by atoms with Crippen molar-refractivity contribution in [2.24, 2.45) is 0 Å². The van der Waals surface area contributed by atoms with Gasteiger partial charge in [-0.2, -0.15) is 0 Å². The number of Topliss-reactive ketones (excluding diaryl/α,β-unsaturated/α-hetero) is 1. The number of benzene rings is 1. The molecule has 0 saturated carbocycles. The van der Waals surface area contributed by atoms with E-state index >= 15 is 0 Å². The Kier molecular flexibility index (Phi) is 14.1. The van der Waals surface area contributed by atoms with Gasteiger partial charge < -0.3 is 15.3 Å². The van der Waals surface area contributed by atoms with Crippen LogP contribution in [0.5, 0.6) is 17.2 Å². The van der Waals surface area contributed by atoms with E-state index in [2.05, 4.69) is 6.92 Å². The second-order valence-electron chi connectivity index (χ2n) is 8.34. The fourth-order valence-corrected chi connectivity index (χ4v) is 3.74. The summed E-state index contributed by atoms with van der Waals surface area (Å²) in [7, 11) is 0. The summed E-state index contributed by atoms with van der Waals surface area (Å²) in [5.41, 5.74) is 0.249. The van der Waals surface area contributed by atoms with Gasteiger partial charge in [0.25, 0.3) is 0 Å². The summed E-state index contributed by atoms with van der Waals surface area (Å²) in [5.74, 6) is -1.61. The topological polar surface area (TPSA) is 77.8 Å². The Labute approximate surface area is 177 Å². The highest BCUT2D eigenvalue weighted by atomic mass is 16.3. The highest BCUT2D eigenvalue weighted by molar-refractivity contribution is 5.97. The zero-order chi connectivity index (χ0) is 21.3. The molecule has 1 aromatic rings. The van der Waals surface area contributed by atoms with E-state index in [0.717, 1.165) is 19.3 Å². The zero-order valence-electron chi connectivity index (χ0n) is 18.4. The first-order valence-corrected chi connectivity index (χ1v) is 11.8.